The van der Waals surface area contributed by atoms with Gasteiger partial charge < -0.3 is 10.1 Å². The molecule has 0 aliphatic heterocycles. The zero-order chi connectivity index (χ0) is 14.5. The van der Waals surface area contributed by atoms with E-state index in [-0.39, 0.29) is 11.0 Å². The zero-order valence-electron chi connectivity index (χ0n) is 13.3. The van der Waals surface area contributed by atoms with Crippen molar-refractivity contribution in [1.82, 2.24) is 5.32 Å². The molecule has 1 atom stereocenters. The molecule has 108 valence electrons. The Kier molecular flexibility index (Phi) is 5.42. The fourth-order valence-electron chi connectivity index (χ4n) is 2.07. The maximum Gasteiger partial charge on any atom is 0.119 e. The zero-order valence-corrected chi connectivity index (χ0v) is 13.3. The van der Waals surface area contributed by atoms with Gasteiger partial charge in [0, 0.05) is 12.1 Å². The summed E-state index contributed by atoms with van der Waals surface area (Å²) < 4.78 is 5.30. The van der Waals surface area contributed by atoms with Crippen molar-refractivity contribution in [3.63, 3.8) is 0 Å². The van der Waals surface area contributed by atoms with Crippen LogP contribution in [0.25, 0.3) is 0 Å². The standard InChI is InChI=1S/C17H29NO/c1-7-17(5,13-18-16(2,3)4)12-14-9-8-10-15(11-14)19-6/h8-11,18H,7,12-13H2,1-6H3. The Balaban J connectivity index is 2.73. The third-order valence-corrected chi connectivity index (χ3v) is 3.66. The Morgan fingerprint density at radius 3 is 2.37 bits per heavy atom. The summed E-state index contributed by atoms with van der Waals surface area (Å²) in [5.41, 5.74) is 1.80. The molecule has 0 aliphatic carbocycles. The van der Waals surface area contributed by atoms with E-state index in [9.17, 15) is 0 Å². The Morgan fingerprint density at radius 2 is 1.84 bits per heavy atom. The van der Waals surface area contributed by atoms with E-state index in [1.54, 1.807) is 7.11 Å². The molecule has 0 heterocycles. The van der Waals surface area contributed by atoms with Gasteiger partial charge in [0.1, 0.15) is 5.75 Å². The number of benzene rings is 1. The van der Waals surface area contributed by atoms with Gasteiger partial charge in [0.05, 0.1) is 7.11 Å². The van der Waals surface area contributed by atoms with Crippen molar-refractivity contribution in [3.8, 4) is 5.75 Å². The number of methoxy groups -OCH3 is 1. The normalized spacial score (nSPS) is 15.1. The fourth-order valence-corrected chi connectivity index (χ4v) is 2.07. The minimum Gasteiger partial charge on any atom is -0.497 e. The van der Waals surface area contributed by atoms with Crippen molar-refractivity contribution < 1.29 is 4.74 Å². The minimum atomic E-state index is 0.171. The van der Waals surface area contributed by atoms with E-state index in [0.29, 0.717) is 0 Å². The summed E-state index contributed by atoms with van der Waals surface area (Å²) in [7, 11) is 1.72. The molecule has 1 unspecified atom stereocenters. The monoisotopic (exact) mass is 263 g/mol. The molecule has 0 saturated carbocycles. The van der Waals surface area contributed by atoms with Crippen LogP contribution in [0.15, 0.2) is 24.3 Å². The van der Waals surface area contributed by atoms with Gasteiger partial charge in [0.15, 0.2) is 0 Å². The summed E-state index contributed by atoms with van der Waals surface area (Å²) in [6.07, 6.45) is 2.23. The summed E-state index contributed by atoms with van der Waals surface area (Å²) in [6.45, 7) is 12.3. The van der Waals surface area contributed by atoms with E-state index in [2.05, 4.69) is 58.1 Å². The summed E-state index contributed by atoms with van der Waals surface area (Å²) in [5.74, 6) is 0.944. The van der Waals surface area contributed by atoms with E-state index < -0.39 is 0 Å². The highest BCUT2D eigenvalue weighted by atomic mass is 16.5. The van der Waals surface area contributed by atoms with Gasteiger partial charge in [-0.05, 0) is 56.7 Å². The smallest absolute Gasteiger partial charge is 0.119 e. The van der Waals surface area contributed by atoms with Gasteiger partial charge in [-0.15, -0.1) is 0 Å². The van der Waals surface area contributed by atoms with E-state index in [4.69, 9.17) is 4.74 Å². The summed E-state index contributed by atoms with van der Waals surface area (Å²) in [4.78, 5) is 0. The Labute approximate surface area is 118 Å². The average molecular weight is 263 g/mol. The third-order valence-electron chi connectivity index (χ3n) is 3.66. The quantitative estimate of drug-likeness (QED) is 0.836. The largest absolute Gasteiger partial charge is 0.497 e. The first kappa shape index (κ1) is 16.0. The predicted octanol–water partition coefficient (Wildman–Crippen LogP) is 4.04. The van der Waals surface area contributed by atoms with Gasteiger partial charge >= 0.3 is 0 Å². The number of hydrogen-bond acceptors (Lipinski definition) is 2. The molecule has 1 aromatic rings. The molecule has 19 heavy (non-hydrogen) atoms. The molecule has 0 saturated heterocycles. The number of hydrogen-bond donors (Lipinski definition) is 1. The molecule has 1 rings (SSSR count). The number of rotatable bonds is 6. The molecule has 1 aromatic carbocycles. The lowest BCUT2D eigenvalue weighted by Gasteiger charge is -2.33. The van der Waals surface area contributed by atoms with Crippen molar-refractivity contribution in [2.75, 3.05) is 13.7 Å². The van der Waals surface area contributed by atoms with E-state index in [1.165, 1.54) is 5.56 Å². The summed E-state index contributed by atoms with van der Waals surface area (Å²) in [6, 6.07) is 8.40. The first-order valence-corrected chi connectivity index (χ1v) is 7.16. The fraction of sp³-hybridized carbons (Fsp3) is 0.647. The molecule has 0 aliphatic rings. The molecule has 2 nitrogen and oxygen atoms in total. The van der Waals surface area contributed by atoms with Crippen LogP contribution in [-0.2, 0) is 6.42 Å². The lowest BCUT2D eigenvalue weighted by molar-refractivity contribution is 0.254. The molecule has 0 spiro atoms. The van der Waals surface area contributed by atoms with Crippen LogP contribution >= 0.6 is 0 Å². The molecule has 2 heteroatoms. The maximum atomic E-state index is 5.30. The topological polar surface area (TPSA) is 21.3 Å². The minimum absolute atomic E-state index is 0.171. The van der Waals surface area contributed by atoms with Gasteiger partial charge in [-0.25, -0.2) is 0 Å². The molecule has 0 aromatic heterocycles. The number of ether oxygens (including phenoxy) is 1. The second kappa shape index (κ2) is 6.42. The van der Waals surface area contributed by atoms with Crippen LogP contribution in [0.1, 0.15) is 46.6 Å². The second-order valence-corrected chi connectivity index (χ2v) is 6.80. The second-order valence-electron chi connectivity index (χ2n) is 6.80. The molecule has 0 radical (unpaired) electrons. The van der Waals surface area contributed by atoms with Crippen molar-refractivity contribution in [3.05, 3.63) is 29.8 Å². The van der Waals surface area contributed by atoms with Crippen LogP contribution < -0.4 is 10.1 Å². The summed E-state index contributed by atoms with van der Waals surface area (Å²) in [5, 5.41) is 3.63. The Morgan fingerprint density at radius 1 is 1.16 bits per heavy atom. The van der Waals surface area contributed by atoms with Crippen LogP contribution in [0, 0.1) is 5.41 Å². The van der Waals surface area contributed by atoms with Crippen molar-refractivity contribution in [2.24, 2.45) is 5.41 Å². The molecule has 0 bridgehead atoms. The Hall–Kier alpha value is -1.02. The van der Waals surface area contributed by atoms with E-state index in [0.717, 1.165) is 25.1 Å². The first-order valence-electron chi connectivity index (χ1n) is 7.16. The van der Waals surface area contributed by atoms with E-state index in [1.807, 2.05) is 6.07 Å². The Bertz CT molecular complexity index is 394. The van der Waals surface area contributed by atoms with Crippen molar-refractivity contribution in [2.45, 2.75) is 53.0 Å². The van der Waals surface area contributed by atoms with Gasteiger partial charge in [-0.2, -0.15) is 0 Å². The SMILES string of the molecule is CCC(C)(CNC(C)(C)C)Cc1cccc(OC)c1. The highest BCUT2D eigenvalue weighted by Gasteiger charge is 2.24. The highest BCUT2D eigenvalue weighted by Crippen LogP contribution is 2.28. The van der Waals surface area contributed by atoms with Crippen molar-refractivity contribution in [1.29, 1.82) is 0 Å². The molecule has 1 N–H and O–H groups in total. The van der Waals surface area contributed by atoms with Crippen LogP contribution in [0.5, 0.6) is 5.75 Å². The third kappa shape index (κ3) is 5.65. The molecular weight excluding hydrogens is 234 g/mol. The first-order chi connectivity index (χ1) is 8.78. The van der Waals surface area contributed by atoms with E-state index >= 15 is 0 Å². The van der Waals surface area contributed by atoms with Gasteiger partial charge in [0.25, 0.3) is 0 Å². The van der Waals surface area contributed by atoms with Crippen LogP contribution in [0.4, 0.5) is 0 Å². The van der Waals surface area contributed by atoms with Gasteiger partial charge in [-0.3, -0.25) is 0 Å². The maximum absolute atomic E-state index is 5.30. The lowest BCUT2D eigenvalue weighted by Crippen LogP contribution is -2.43. The molecule has 0 amide bonds. The lowest BCUT2D eigenvalue weighted by atomic mass is 9.80. The molecule has 0 fully saturated rings. The van der Waals surface area contributed by atoms with Crippen LogP contribution in [0.3, 0.4) is 0 Å². The highest BCUT2D eigenvalue weighted by molar-refractivity contribution is 5.29. The van der Waals surface area contributed by atoms with Gasteiger partial charge in [-0.1, -0.05) is 26.0 Å². The average Bonchev–Trinajstić information content (AvgIpc) is 2.36. The predicted molar refractivity (Wildman–Crippen MR) is 82.9 cm³/mol. The van der Waals surface area contributed by atoms with Crippen LogP contribution in [-0.4, -0.2) is 19.2 Å². The van der Waals surface area contributed by atoms with Gasteiger partial charge in [0.2, 0.25) is 0 Å². The molecular formula is C17H29NO. The number of nitrogens with one attached hydrogen (secondary N) is 1. The van der Waals surface area contributed by atoms with Crippen LogP contribution in [0.2, 0.25) is 0 Å². The van der Waals surface area contributed by atoms with Crippen molar-refractivity contribution >= 4 is 0 Å². The summed E-state index contributed by atoms with van der Waals surface area (Å²) >= 11 is 0.